The van der Waals surface area contributed by atoms with Gasteiger partial charge in [-0.15, -0.1) is 0 Å². The van der Waals surface area contributed by atoms with Crippen molar-refractivity contribution in [2.45, 2.75) is 26.8 Å². The second kappa shape index (κ2) is 7.04. The lowest BCUT2D eigenvalue weighted by atomic mass is 9.97. The van der Waals surface area contributed by atoms with Gasteiger partial charge >= 0.3 is 5.97 Å². The van der Waals surface area contributed by atoms with Gasteiger partial charge in [-0.3, -0.25) is 4.79 Å². The molecule has 0 fully saturated rings. The summed E-state index contributed by atoms with van der Waals surface area (Å²) in [5.74, 6) is -0.716. The topological polar surface area (TPSA) is 66.6 Å². The molecule has 0 amide bonds. The summed E-state index contributed by atoms with van der Waals surface area (Å²) in [4.78, 5) is 15.7. The highest BCUT2D eigenvalue weighted by Gasteiger charge is 2.18. The van der Waals surface area contributed by atoms with Crippen LogP contribution in [0.5, 0.6) is 0 Å². The largest absolute Gasteiger partial charge is 0.481 e. The van der Waals surface area contributed by atoms with Crippen molar-refractivity contribution in [1.82, 2.24) is 14.7 Å². The van der Waals surface area contributed by atoms with E-state index in [-0.39, 0.29) is 5.92 Å². The monoisotopic (exact) mass is 353 g/mol. The molecule has 6 heteroatoms. The highest BCUT2D eigenvalue weighted by atomic mass is 79.9. The second-order valence-electron chi connectivity index (χ2n) is 5.64. The molecule has 5 nitrogen and oxygen atoms in total. The van der Waals surface area contributed by atoms with E-state index in [2.05, 4.69) is 26.2 Å². The molecule has 2 rings (SSSR count). The summed E-state index contributed by atoms with van der Waals surface area (Å²) in [6.07, 6.45) is 4.57. The van der Waals surface area contributed by atoms with Crippen molar-refractivity contribution >= 4 is 27.5 Å². The number of imidazole rings is 1. The Morgan fingerprint density at radius 1 is 1.52 bits per heavy atom. The first kappa shape index (κ1) is 16.0. The predicted molar refractivity (Wildman–Crippen MR) is 85.2 cm³/mol. The van der Waals surface area contributed by atoms with Crippen LogP contribution in [0.15, 0.2) is 29.0 Å². The number of carboxylic acids is 1. The molecule has 1 unspecified atom stereocenters. The smallest absolute Gasteiger partial charge is 0.307 e. The van der Waals surface area contributed by atoms with E-state index in [9.17, 15) is 9.90 Å². The maximum Gasteiger partial charge on any atom is 0.307 e. The Kier molecular flexibility index (Phi) is 5.36. The molecule has 0 aliphatic heterocycles. The third-order valence-corrected chi connectivity index (χ3v) is 3.77. The summed E-state index contributed by atoms with van der Waals surface area (Å²) in [6.45, 7) is 5.11. The molecule has 0 saturated carbocycles. The fraction of sp³-hybridized carbons (Fsp3) is 0.467. The van der Waals surface area contributed by atoms with E-state index in [1.165, 1.54) is 0 Å². The molecule has 2 aromatic rings. The summed E-state index contributed by atoms with van der Waals surface area (Å²) in [5, 5.41) is 12.4. The third-order valence-electron chi connectivity index (χ3n) is 3.27. The Hall–Kier alpha value is -1.40. The fourth-order valence-electron chi connectivity index (χ4n) is 2.31. The Labute approximate surface area is 132 Å². The van der Waals surface area contributed by atoms with Crippen molar-refractivity contribution in [3.8, 4) is 0 Å². The van der Waals surface area contributed by atoms with Crippen molar-refractivity contribution in [1.29, 1.82) is 0 Å². The molecule has 0 bridgehead atoms. The van der Waals surface area contributed by atoms with Gasteiger partial charge in [0.2, 0.25) is 0 Å². The van der Waals surface area contributed by atoms with Crippen LogP contribution < -0.4 is 5.32 Å². The van der Waals surface area contributed by atoms with Crippen LogP contribution >= 0.6 is 15.9 Å². The van der Waals surface area contributed by atoms with E-state index in [1.807, 2.05) is 42.8 Å². The minimum absolute atomic E-state index is 0.351. The van der Waals surface area contributed by atoms with Crippen LogP contribution in [0.2, 0.25) is 0 Å². The number of rotatable bonds is 7. The van der Waals surface area contributed by atoms with Gasteiger partial charge in [0, 0.05) is 30.0 Å². The molecule has 0 saturated heterocycles. The van der Waals surface area contributed by atoms with Gasteiger partial charge in [-0.2, -0.15) is 0 Å². The molecule has 0 aliphatic carbocycles. The minimum Gasteiger partial charge on any atom is -0.481 e. The van der Waals surface area contributed by atoms with Gasteiger partial charge in [-0.25, -0.2) is 4.98 Å². The number of nitrogens with one attached hydrogen (secondary N) is 1. The minimum atomic E-state index is -0.741. The number of hydrogen-bond acceptors (Lipinski definition) is 3. The van der Waals surface area contributed by atoms with Crippen LogP contribution in [0.25, 0.3) is 5.65 Å². The SMILES string of the molecule is CC(C)CC(CNCc1cn2ccc(Br)cc2n1)C(=O)O. The number of aliphatic carboxylic acids is 1. The molecule has 21 heavy (non-hydrogen) atoms. The lowest BCUT2D eigenvalue weighted by Crippen LogP contribution is -2.29. The van der Waals surface area contributed by atoms with Crippen LogP contribution in [0, 0.1) is 11.8 Å². The van der Waals surface area contributed by atoms with Crippen LogP contribution in [0.1, 0.15) is 26.0 Å². The first-order chi connectivity index (χ1) is 9.95. The van der Waals surface area contributed by atoms with Crippen LogP contribution in [0.4, 0.5) is 0 Å². The van der Waals surface area contributed by atoms with Gasteiger partial charge in [-0.1, -0.05) is 29.8 Å². The van der Waals surface area contributed by atoms with E-state index in [0.29, 0.717) is 25.4 Å². The number of carboxylic acid groups (broad SMARTS) is 1. The number of fused-ring (bicyclic) bond motifs is 1. The quantitative estimate of drug-likeness (QED) is 0.802. The second-order valence-corrected chi connectivity index (χ2v) is 6.55. The average Bonchev–Trinajstić information content (AvgIpc) is 2.78. The first-order valence-electron chi connectivity index (χ1n) is 7.02. The molecule has 1 atom stereocenters. The van der Waals surface area contributed by atoms with Crippen molar-refractivity contribution in [2.24, 2.45) is 11.8 Å². The maximum atomic E-state index is 11.2. The van der Waals surface area contributed by atoms with Gasteiger partial charge < -0.3 is 14.8 Å². The van der Waals surface area contributed by atoms with Crippen molar-refractivity contribution in [3.05, 3.63) is 34.7 Å². The number of halogens is 1. The van der Waals surface area contributed by atoms with E-state index < -0.39 is 5.97 Å². The van der Waals surface area contributed by atoms with Crippen molar-refractivity contribution < 1.29 is 9.90 Å². The summed E-state index contributed by atoms with van der Waals surface area (Å²) in [6, 6.07) is 3.90. The molecule has 0 spiro atoms. The fourth-order valence-corrected chi connectivity index (χ4v) is 2.63. The van der Waals surface area contributed by atoms with Gasteiger partial charge in [0.1, 0.15) is 5.65 Å². The molecule has 0 radical (unpaired) electrons. The normalized spacial score (nSPS) is 13.0. The molecule has 2 aromatic heterocycles. The van der Waals surface area contributed by atoms with Crippen molar-refractivity contribution in [3.63, 3.8) is 0 Å². The predicted octanol–water partition coefficient (Wildman–Crippen LogP) is 2.93. The Morgan fingerprint density at radius 2 is 2.29 bits per heavy atom. The molecule has 114 valence electrons. The Balaban J connectivity index is 1.93. The van der Waals surface area contributed by atoms with Crippen LogP contribution in [-0.4, -0.2) is 27.0 Å². The van der Waals surface area contributed by atoms with Crippen LogP contribution in [-0.2, 0) is 11.3 Å². The molecular weight excluding hydrogens is 334 g/mol. The molecule has 0 aromatic carbocycles. The zero-order valence-electron chi connectivity index (χ0n) is 12.2. The summed E-state index contributed by atoms with van der Waals surface area (Å²) in [5.41, 5.74) is 1.78. The Bertz CT molecular complexity index is 624. The van der Waals surface area contributed by atoms with Crippen molar-refractivity contribution in [2.75, 3.05) is 6.54 Å². The van der Waals surface area contributed by atoms with E-state index in [1.54, 1.807) is 0 Å². The molecule has 0 aliphatic rings. The zero-order chi connectivity index (χ0) is 15.4. The number of hydrogen-bond donors (Lipinski definition) is 2. The number of pyridine rings is 1. The average molecular weight is 354 g/mol. The third kappa shape index (κ3) is 4.54. The highest BCUT2D eigenvalue weighted by molar-refractivity contribution is 9.10. The summed E-state index contributed by atoms with van der Waals surface area (Å²) < 4.78 is 2.94. The lowest BCUT2D eigenvalue weighted by Gasteiger charge is -2.14. The zero-order valence-corrected chi connectivity index (χ0v) is 13.8. The number of aromatic nitrogens is 2. The maximum absolute atomic E-state index is 11.2. The first-order valence-corrected chi connectivity index (χ1v) is 7.81. The van der Waals surface area contributed by atoms with E-state index in [4.69, 9.17) is 0 Å². The standard InChI is InChI=1S/C15H20BrN3O2/c1-10(2)5-11(15(20)21)7-17-8-13-9-19-4-3-12(16)6-14(19)18-13/h3-4,6,9-11,17H,5,7-8H2,1-2H3,(H,20,21). The highest BCUT2D eigenvalue weighted by Crippen LogP contribution is 2.14. The number of nitrogens with zero attached hydrogens (tertiary/aromatic N) is 2. The van der Waals surface area contributed by atoms with E-state index in [0.717, 1.165) is 15.8 Å². The number of carbonyl (C=O) groups is 1. The van der Waals surface area contributed by atoms with Gasteiger partial charge in [0.15, 0.2) is 0 Å². The summed E-state index contributed by atoms with van der Waals surface area (Å²) >= 11 is 3.42. The van der Waals surface area contributed by atoms with E-state index >= 15 is 0 Å². The lowest BCUT2D eigenvalue weighted by molar-refractivity contribution is -0.142. The Morgan fingerprint density at radius 3 is 2.95 bits per heavy atom. The van der Waals surface area contributed by atoms with Gasteiger partial charge in [-0.05, 0) is 24.5 Å². The molecule has 2 N–H and O–H groups in total. The summed E-state index contributed by atoms with van der Waals surface area (Å²) in [7, 11) is 0. The van der Waals surface area contributed by atoms with Gasteiger partial charge in [0.05, 0.1) is 11.6 Å². The molecule has 2 heterocycles. The molecular formula is C15H20BrN3O2. The van der Waals surface area contributed by atoms with Gasteiger partial charge in [0.25, 0.3) is 0 Å². The van der Waals surface area contributed by atoms with Crippen LogP contribution in [0.3, 0.4) is 0 Å².